The number of hydrogen-bond donors (Lipinski definition) is 8. The quantitative estimate of drug-likeness (QED) is 0.103. The molecule has 0 bridgehead atoms. The van der Waals surface area contributed by atoms with Crippen molar-refractivity contribution < 1.29 is 39.0 Å². The van der Waals surface area contributed by atoms with Crippen molar-refractivity contribution in [1.82, 2.24) is 25.9 Å². The first-order valence-corrected chi connectivity index (χ1v) is 12.2. The van der Waals surface area contributed by atoms with Crippen molar-refractivity contribution in [3.8, 4) is 0 Å². The van der Waals surface area contributed by atoms with Crippen LogP contribution < -0.4 is 27.4 Å². The van der Waals surface area contributed by atoms with Crippen LogP contribution >= 0.6 is 11.8 Å². The molecule has 4 amide bonds. The van der Waals surface area contributed by atoms with Crippen LogP contribution in [0.25, 0.3) is 0 Å². The number of carboxylic acids is 2. The molecule has 0 spiro atoms. The van der Waals surface area contributed by atoms with Crippen LogP contribution in [0.4, 0.5) is 0 Å². The molecule has 10 N–H and O–H groups in total. The number of primary amides is 1. The third-order valence-electron chi connectivity index (χ3n) is 4.89. The number of nitrogens with zero attached hydrogens (tertiary/aromatic N) is 1. The lowest BCUT2D eigenvalue weighted by Crippen LogP contribution is -2.58. The SMILES string of the molecule is CSCCC(N)C(=O)NC(CCC(N)=O)C(=O)NC(Cc1cnc[nH]1)C(=O)NC(CC(=O)O)C(=O)O. The number of amides is 4. The summed E-state index contributed by atoms with van der Waals surface area (Å²) in [5.41, 5.74) is 11.4. The van der Waals surface area contributed by atoms with Crippen molar-refractivity contribution in [2.24, 2.45) is 11.5 Å². The van der Waals surface area contributed by atoms with Gasteiger partial charge in [-0.25, -0.2) is 9.78 Å². The Morgan fingerprint density at radius 3 is 2.14 bits per heavy atom. The van der Waals surface area contributed by atoms with Crippen LogP contribution in [0.5, 0.6) is 0 Å². The van der Waals surface area contributed by atoms with Gasteiger partial charge in [0.15, 0.2) is 0 Å². The Bertz CT molecular complexity index is 927. The van der Waals surface area contributed by atoms with Crippen molar-refractivity contribution in [3.05, 3.63) is 18.2 Å². The number of H-pyrrole nitrogens is 1. The summed E-state index contributed by atoms with van der Waals surface area (Å²) in [6.07, 6.45) is 3.37. The zero-order chi connectivity index (χ0) is 27.3. The van der Waals surface area contributed by atoms with Crippen LogP contribution in [0.15, 0.2) is 12.5 Å². The molecule has 0 aliphatic rings. The van der Waals surface area contributed by atoms with Crippen LogP contribution in [-0.4, -0.2) is 91.9 Å². The van der Waals surface area contributed by atoms with Gasteiger partial charge in [-0.1, -0.05) is 0 Å². The summed E-state index contributed by atoms with van der Waals surface area (Å²) in [4.78, 5) is 78.5. The maximum Gasteiger partial charge on any atom is 0.326 e. The van der Waals surface area contributed by atoms with Crippen molar-refractivity contribution >= 4 is 47.3 Å². The number of imidazole rings is 1. The highest BCUT2D eigenvalue weighted by Crippen LogP contribution is 2.06. The van der Waals surface area contributed by atoms with Crippen molar-refractivity contribution in [2.45, 2.75) is 56.3 Å². The first kappa shape index (κ1) is 30.4. The van der Waals surface area contributed by atoms with E-state index in [0.29, 0.717) is 17.9 Å². The fourth-order valence-corrected chi connectivity index (χ4v) is 3.44. The number of nitrogens with one attached hydrogen (secondary N) is 4. The van der Waals surface area contributed by atoms with Gasteiger partial charge in [-0.2, -0.15) is 11.8 Å². The molecule has 4 atom stereocenters. The first-order valence-electron chi connectivity index (χ1n) is 10.8. The number of rotatable bonds is 17. The Kier molecular flexibility index (Phi) is 13.0. The molecular formula is C20H31N7O8S. The van der Waals surface area contributed by atoms with Gasteiger partial charge >= 0.3 is 11.9 Å². The van der Waals surface area contributed by atoms with E-state index in [4.69, 9.17) is 16.6 Å². The molecule has 1 rings (SSSR count). The minimum absolute atomic E-state index is 0.166. The first-order chi connectivity index (χ1) is 16.9. The van der Waals surface area contributed by atoms with E-state index in [9.17, 15) is 33.9 Å². The van der Waals surface area contributed by atoms with E-state index in [1.54, 1.807) is 0 Å². The average molecular weight is 530 g/mol. The lowest BCUT2D eigenvalue weighted by molar-refractivity contribution is -0.147. The standard InChI is InChI=1S/C20H31N7O8S/c1-36-5-4-11(21)17(31)25-12(2-3-15(22)28)18(32)26-13(6-10-8-23-9-24-10)19(33)27-14(20(34)35)7-16(29)30/h8-9,11-14H,2-7,21H2,1H3,(H2,22,28)(H,23,24)(H,25,31)(H,26,32)(H,27,33)(H,29,30)(H,34,35). The number of carbonyl (C=O) groups excluding carboxylic acids is 4. The van der Waals surface area contributed by atoms with E-state index in [-0.39, 0.29) is 19.3 Å². The molecule has 0 saturated carbocycles. The second kappa shape index (κ2) is 15.4. The molecule has 0 aromatic carbocycles. The Morgan fingerprint density at radius 2 is 1.61 bits per heavy atom. The molecule has 0 aliphatic carbocycles. The normalized spacial score (nSPS) is 14.1. The average Bonchev–Trinajstić information content (AvgIpc) is 3.31. The molecule has 0 fully saturated rings. The molecule has 0 aliphatic heterocycles. The van der Waals surface area contributed by atoms with Gasteiger partial charge in [-0.3, -0.25) is 24.0 Å². The van der Waals surface area contributed by atoms with Gasteiger partial charge in [0.25, 0.3) is 0 Å². The van der Waals surface area contributed by atoms with Gasteiger partial charge in [0.1, 0.15) is 18.1 Å². The van der Waals surface area contributed by atoms with E-state index in [1.807, 2.05) is 6.26 Å². The van der Waals surface area contributed by atoms with Gasteiger partial charge in [-0.05, 0) is 24.9 Å². The molecule has 1 aromatic heterocycles. The van der Waals surface area contributed by atoms with Crippen LogP contribution in [0.3, 0.4) is 0 Å². The summed E-state index contributed by atoms with van der Waals surface area (Å²) in [7, 11) is 0. The summed E-state index contributed by atoms with van der Waals surface area (Å²) in [6.45, 7) is 0. The number of carbonyl (C=O) groups is 6. The van der Waals surface area contributed by atoms with Crippen LogP contribution in [0.2, 0.25) is 0 Å². The van der Waals surface area contributed by atoms with Gasteiger partial charge in [-0.15, -0.1) is 0 Å². The second-order valence-corrected chi connectivity index (χ2v) is 8.78. The summed E-state index contributed by atoms with van der Waals surface area (Å²) in [5.74, 6) is -5.64. The highest BCUT2D eigenvalue weighted by Gasteiger charge is 2.31. The van der Waals surface area contributed by atoms with Crippen molar-refractivity contribution in [1.29, 1.82) is 0 Å². The molecule has 15 nitrogen and oxygen atoms in total. The summed E-state index contributed by atoms with van der Waals surface area (Å²) < 4.78 is 0. The molecular weight excluding hydrogens is 498 g/mol. The van der Waals surface area contributed by atoms with E-state index < -0.39 is 66.2 Å². The largest absolute Gasteiger partial charge is 0.481 e. The number of aromatic amines is 1. The predicted octanol–water partition coefficient (Wildman–Crippen LogP) is -2.69. The number of aromatic nitrogens is 2. The Labute approximate surface area is 210 Å². The second-order valence-electron chi connectivity index (χ2n) is 7.79. The van der Waals surface area contributed by atoms with E-state index in [2.05, 4.69) is 25.9 Å². The maximum absolute atomic E-state index is 13.0. The summed E-state index contributed by atoms with van der Waals surface area (Å²) >= 11 is 1.48. The number of carboxylic acid groups (broad SMARTS) is 2. The molecule has 1 heterocycles. The molecule has 4 unspecified atom stereocenters. The highest BCUT2D eigenvalue weighted by molar-refractivity contribution is 7.98. The summed E-state index contributed by atoms with van der Waals surface area (Å²) in [5, 5.41) is 25.1. The summed E-state index contributed by atoms with van der Waals surface area (Å²) in [6, 6.07) is -5.34. The van der Waals surface area contributed by atoms with Crippen molar-refractivity contribution in [3.63, 3.8) is 0 Å². The highest BCUT2D eigenvalue weighted by atomic mass is 32.2. The predicted molar refractivity (Wildman–Crippen MR) is 127 cm³/mol. The molecule has 36 heavy (non-hydrogen) atoms. The van der Waals surface area contributed by atoms with Gasteiger partial charge in [0, 0.05) is 24.7 Å². The third kappa shape index (κ3) is 11.2. The molecule has 1 aromatic rings. The number of thioether (sulfide) groups is 1. The monoisotopic (exact) mass is 529 g/mol. The molecule has 0 saturated heterocycles. The minimum Gasteiger partial charge on any atom is -0.481 e. The van der Waals surface area contributed by atoms with E-state index >= 15 is 0 Å². The number of hydrogen-bond acceptors (Lipinski definition) is 9. The van der Waals surface area contributed by atoms with Crippen LogP contribution in [0, 0.1) is 0 Å². The molecule has 200 valence electrons. The minimum atomic E-state index is -1.75. The zero-order valence-corrected chi connectivity index (χ0v) is 20.4. The fraction of sp³-hybridized carbons (Fsp3) is 0.550. The molecule has 16 heteroatoms. The Morgan fingerprint density at radius 1 is 1.00 bits per heavy atom. The van der Waals surface area contributed by atoms with E-state index in [1.165, 1.54) is 24.3 Å². The lowest BCUT2D eigenvalue weighted by atomic mass is 10.1. The Hall–Kier alpha value is -3.66. The van der Waals surface area contributed by atoms with Crippen LogP contribution in [-0.2, 0) is 35.2 Å². The molecule has 0 radical (unpaired) electrons. The lowest BCUT2D eigenvalue weighted by Gasteiger charge is -2.24. The fourth-order valence-electron chi connectivity index (χ4n) is 2.95. The maximum atomic E-state index is 13.0. The van der Waals surface area contributed by atoms with Crippen molar-refractivity contribution in [2.75, 3.05) is 12.0 Å². The zero-order valence-electron chi connectivity index (χ0n) is 19.6. The van der Waals surface area contributed by atoms with Crippen LogP contribution in [0.1, 0.15) is 31.4 Å². The van der Waals surface area contributed by atoms with Gasteiger partial charge < -0.3 is 42.6 Å². The number of nitrogens with two attached hydrogens (primary N) is 2. The third-order valence-corrected chi connectivity index (χ3v) is 5.53. The topological polar surface area (TPSA) is 260 Å². The van der Waals surface area contributed by atoms with Gasteiger partial charge in [0.2, 0.25) is 23.6 Å². The smallest absolute Gasteiger partial charge is 0.326 e. The van der Waals surface area contributed by atoms with Gasteiger partial charge in [0.05, 0.1) is 18.8 Å². The van der Waals surface area contributed by atoms with E-state index in [0.717, 1.165) is 0 Å². The number of aliphatic carboxylic acids is 2. The Balaban J connectivity index is 3.07.